The van der Waals surface area contributed by atoms with E-state index in [1.165, 1.54) is 0 Å². The number of nitrogens with zero attached hydrogens (tertiary/aromatic N) is 2. The van der Waals surface area contributed by atoms with Crippen LogP contribution in [-0.4, -0.2) is 35.1 Å². The lowest BCUT2D eigenvalue weighted by Gasteiger charge is -2.23. The van der Waals surface area contributed by atoms with Crippen molar-refractivity contribution in [3.63, 3.8) is 0 Å². The lowest BCUT2D eigenvalue weighted by molar-refractivity contribution is 0.0462. The predicted molar refractivity (Wildman–Crippen MR) is 60.5 cm³/mol. The molecule has 0 amide bonds. The second-order valence-electron chi connectivity index (χ2n) is 4.24. The first-order valence-electron chi connectivity index (χ1n) is 5.74. The summed E-state index contributed by atoms with van der Waals surface area (Å²) in [4.78, 5) is 0. The van der Waals surface area contributed by atoms with Crippen LogP contribution in [0.1, 0.15) is 25.5 Å². The third kappa shape index (κ3) is 1.81. The van der Waals surface area contributed by atoms with Crippen LogP contribution in [0.4, 0.5) is 0 Å². The molecule has 0 aliphatic carbocycles. The highest BCUT2D eigenvalue weighted by atomic mass is 16.5. The highest BCUT2D eigenvalue weighted by molar-refractivity contribution is 5.32. The molecule has 0 bridgehead atoms. The summed E-state index contributed by atoms with van der Waals surface area (Å²) in [7, 11) is 1.61. The van der Waals surface area contributed by atoms with Crippen molar-refractivity contribution in [2.75, 3.05) is 20.2 Å². The molecule has 0 spiro atoms. The van der Waals surface area contributed by atoms with Gasteiger partial charge in [-0.15, -0.1) is 0 Å². The first kappa shape index (κ1) is 11.4. The number of aliphatic hydroxyl groups is 1. The highest BCUT2D eigenvalue weighted by Gasteiger charge is 2.38. The molecule has 1 saturated heterocycles. The topological polar surface area (TPSA) is 59.3 Å². The maximum absolute atomic E-state index is 10.6. The van der Waals surface area contributed by atoms with E-state index in [-0.39, 0.29) is 0 Å². The first-order valence-corrected chi connectivity index (χ1v) is 5.74. The Hall–Kier alpha value is -1.07. The monoisotopic (exact) mass is 225 g/mol. The van der Waals surface area contributed by atoms with Crippen molar-refractivity contribution in [3.8, 4) is 5.75 Å². The lowest BCUT2D eigenvalue weighted by Crippen LogP contribution is -2.32. The Morgan fingerprint density at radius 3 is 3.06 bits per heavy atom. The van der Waals surface area contributed by atoms with Crippen LogP contribution in [0, 0.1) is 0 Å². The molecule has 2 rings (SSSR count). The molecule has 0 radical (unpaired) electrons. The number of methoxy groups -OCH3 is 1. The Morgan fingerprint density at radius 1 is 1.69 bits per heavy atom. The summed E-state index contributed by atoms with van der Waals surface area (Å²) in [5, 5.41) is 18.0. The van der Waals surface area contributed by atoms with Crippen LogP contribution >= 0.6 is 0 Å². The van der Waals surface area contributed by atoms with Crippen molar-refractivity contribution in [2.24, 2.45) is 0 Å². The largest absolute Gasteiger partial charge is 0.493 e. The van der Waals surface area contributed by atoms with Gasteiger partial charge in [0.25, 0.3) is 0 Å². The number of ether oxygens (including phenoxy) is 1. The average molecular weight is 225 g/mol. The van der Waals surface area contributed by atoms with Gasteiger partial charge in [0.05, 0.1) is 13.3 Å². The smallest absolute Gasteiger partial charge is 0.162 e. The molecule has 2 N–H and O–H groups in total. The molecular weight excluding hydrogens is 206 g/mol. The zero-order valence-corrected chi connectivity index (χ0v) is 9.86. The van der Waals surface area contributed by atoms with Gasteiger partial charge in [0, 0.05) is 13.1 Å². The third-order valence-electron chi connectivity index (χ3n) is 3.03. The summed E-state index contributed by atoms with van der Waals surface area (Å²) in [5.41, 5.74) is -0.0290. The summed E-state index contributed by atoms with van der Waals surface area (Å²) in [6, 6.07) is 0. The molecule has 2 heterocycles. The second kappa shape index (κ2) is 4.43. The molecule has 1 atom stereocenters. The summed E-state index contributed by atoms with van der Waals surface area (Å²) in [6.45, 7) is 4.30. The van der Waals surface area contributed by atoms with Crippen LogP contribution in [0.5, 0.6) is 5.75 Å². The number of aromatic nitrogens is 2. The highest BCUT2D eigenvalue weighted by Crippen LogP contribution is 2.34. The molecule has 5 nitrogen and oxygen atoms in total. The molecule has 0 saturated carbocycles. The van der Waals surface area contributed by atoms with Crippen LogP contribution in [0.15, 0.2) is 6.20 Å². The van der Waals surface area contributed by atoms with Crippen molar-refractivity contribution in [1.82, 2.24) is 15.1 Å². The fraction of sp³-hybridized carbons (Fsp3) is 0.727. The van der Waals surface area contributed by atoms with Gasteiger partial charge >= 0.3 is 0 Å². The summed E-state index contributed by atoms with van der Waals surface area (Å²) in [6.07, 6.45) is 3.38. The minimum atomic E-state index is -0.836. The zero-order valence-electron chi connectivity index (χ0n) is 9.86. The van der Waals surface area contributed by atoms with E-state index in [4.69, 9.17) is 4.74 Å². The van der Waals surface area contributed by atoms with Gasteiger partial charge in [-0.25, -0.2) is 0 Å². The van der Waals surface area contributed by atoms with E-state index in [0.717, 1.165) is 25.2 Å². The summed E-state index contributed by atoms with van der Waals surface area (Å²) < 4.78 is 7.13. The standard InChI is InChI=1S/C11H19N3O2/c1-3-6-14-10(9(16-2)7-13-14)11(15)4-5-12-8-11/h7,12,15H,3-6,8H2,1-2H3. The minimum absolute atomic E-state index is 0.568. The van der Waals surface area contributed by atoms with Crippen molar-refractivity contribution in [1.29, 1.82) is 0 Å². The second-order valence-corrected chi connectivity index (χ2v) is 4.24. The fourth-order valence-electron chi connectivity index (χ4n) is 2.25. The average Bonchev–Trinajstić information content (AvgIpc) is 2.86. The van der Waals surface area contributed by atoms with E-state index in [0.29, 0.717) is 18.7 Å². The Bertz CT molecular complexity index is 356. The predicted octanol–water partition coefficient (Wildman–Crippen LogP) is 0.483. The van der Waals surface area contributed by atoms with Crippen molar-refractivity contribution < 1.29 is 9.84 Å². The molecule has 1 aromatic heterocycles. The maximum Gasteiger partial charge on any atom is 0.162 e. The molecule has 1 aromatic rings. The lowest BCUT2D eigenvalue weighted by atomic mass is 9.98. The molecule has 90 valence electrons. The molecule has 1 aliphatic rings. The minimum Gasteiger partial charge on any atom is -0.493 e. The number of hydrogen-bond donors (Lipinski definition) is 2. The Morgan fingerprint density at radius 2 is 2.50 bits per heavy atom. The van der Waals surface area contributed by atoms with Gasteiger partial charge in [-0.3, -0.25) is 4.68 Å². The van der Waals surface area contributed by atoms with Crippen molar-refractivity contribution in [3.05, 3.63) is 11.9 Å². The van der Waals surface area contributed by atoms with E-state index in [1.807, 2.05) is 4.68 Å². The maximum atomic E-state index is 10.6. The van der Waals surface area contributed by atoms with Gasteiger partial charge in [-0.05, 0) is 19.4 Å². The molecule has 5 heteroatoms. The first-order chi connectivity index (χ1) is 7.71. The summed E-state index contributed by atoms with van der Waals surface area (Å²) in [5.74, 6) is 0.680. The molecule has 0 aromatic carbocycles. The van der Waals surface area contributed by atoms with Crippen LogP contribution in [0.3, 0.4) is 0 Å². The molecular formula is C11H19N3O2. The van der Waals surface area contributed by atoms with Gasteiger partial charge in [0.2, 0.25) is 0 Å². The van der Waals surface area contributed by atoms with Crippen LogP contribution in [0.25, 0.3) is 0 Å². The van der Waals surface area contributed by atoms with Gasteiger partial charge < -0.3 is 15.2 Å². The Labute approximate surface area is 95.4 Å². The van der Waals surface area contributed by atoms with Crippen molar-refractivity contribution in [2.45, 2.75) is 31.9 Å². The molecule has 1 aliphatic heterocycles. The number of rotatable bonds is 4. The third-order valence-corrected chi connectivity index (χ3v) is 3.03. The normalized spacial score (nSPS) is 24.9. The molecule has 16 heavy (non-hydrogen) atoms. The van der Waals surface area contributed by atoms with Crippen LogP contribution in [-0.2, 0) is 12.1 Å². The van der Waals surface area contributed by atoms with E-state index in [2.05, 4.69) is 17.3 Å². The Kier molecular flexibility index (Phi) is 3.16. The van der Waals surface area contributed by atoms with Crippen LogP contribution in [0.2, 0.25) is 0 Å². The van der Waals surface area contributed by atoms with E-state index >= 15 is 0 Å². The number of hydrogen-bond acceptors (Lipinski definition) is 4. The van der Waals surface area contributed by atoms with Gasteiger partial charge in [0.1, 0.15) is 11.3 Å². The van der Waals surface area contributed by atoms with E-state index in [1.54, 1.807) is 13.3 Å². The molecule has 1 unspecified atom stereocenters. The number of nitrogens with one attached hydrogen (secondary N) is 1. The SMILES string of the molecule is CCCn1ncc(OC)c1C1(O)CCNC1. The quantitative estimate of drug-likeness (QED) is 0.782. The van der Waals surface area contributed by atoms with Gasteiger partial charge in [0.15, 0.2) is 5.75 Å². The fourth-order valence-corrected chi connectivity index (χ4v) is 2.25. The van der Waals surface area contributed by atoms with Gasteiger partial charge in [-0.1, -0.05) is 6.92 Å². The Balaban J connectivity index is 2.38. The number of β-amino-alcohol motifs (C(OH)–C–C–N with tert-alkyl or cyclic N) is 1. The van der Waals surface area contributed by atoms with E-state index in [9.17, 15) is 5.11 Å². The van der Waals surface area contributed by atoms with Gasteiger partial charge in [-0.2, -0.15) is 5.10 Å². The van der Waals surface area contributed by atoms with Crippen LogP contribution < -0.4 is 10.1 Å². The van der Waals surface area contributed by atoms with E-state index < -0.39 is 5.60 Å². The number of aryl methyl sites for hydroxylation is 1. The summed E-state index contributed by atoms with van der Waals surface area (Å²) >= 11 is 0. The zero-order chi connectivity index (χ0) is 11.6. The molecule has 1 fully saturated rings. The van der Waals surface area contributed by atoms with Crippen molar-refractivity contribution >= 4 is 0 Å².